The molecular formula is C17H30O2. The molecule has 0 saturated heterocycles. The largest absolute Gasteiger partial charge is 0.459 e. The van der Waals surface area contributed by atoms with Gasteiger partial charge in [0.1, 0.15) is 6.10 Å². The molecule has 0 bridgehead atoms. The molecule has 2 nitrogen and oxygen atoms in total. The fourth-order valence-electron chi connectivity index (χ4n) is 2.96. The Morgan fingerprint density at radius 1 is 1.11 bits per heavy atom. The lowest BCUT2D eigenvalue weighted by Gasteiger charge is -2.28. The molecule has 1 aliphatic rings. The zero-order chi connectivity index (χ0) is 13.9. The zero-order valence-electron chi connectivity index (χ0n) is 12.5. The van der Waals surface area contributed by atoms with E-state index in [1.54, 1.807) is 0 Å². The normalized spacial score (nSPS) is 23.0. The first-order valence-electron chi connectivity index (χ1n) is 8.09. The van der Waals surface area contributed by atoms with Crippen LogP contribution in [0.25, 0.3) is 0 Å². The highest BCUT2D eigenvalue weighted by atomic mass is 16.5. The summed E-state index contributed by atoms with van der Waals surface area (Å²) in [5.41, 5.74) is 0. The van der Waals surface area contributed by atoms with Gasteiger partial charge in [-0.2, -0.15) is 0 Å². The Morgan fingerprint density at radius 3 is 2.37 bits per heavy atom. The Labute approximate surface area is 118 Å². The average Bonchev–Trinajstić information content (AvgIpc) is 2.44. The molecule has 0 amide bonds. The number of rotatable bonds is 9. The van der Waals surface area contributed by atoms with E-state index in [4.69, 9.17) is 4.74 Å². The van der Waals surface area contributed by atoms with E-state index in [9.17, 15) is 4.79 Å². The molecule has 1 aliphatic carbocycles. The molecule has 1 fully saturated rings. The topological polar surface area (TPSA) is 26.3 Å². The maximum absolute atomic E-state index is 11.1. The van der Waals surface area contributed by atoms with E-state index in [-0.39, 0.29) is 12.1 Å². The number of unbranched alkanes of at least 4 members (excludes halogenated alkanes) is 5. The summed E-state index contributed by atoms with van der Waals surface area (Å²) in [4.78, 5) is 11.1. The van der Waals surface area contributed by atoms with Crippen LogP contribution in [0.2, 0.25) is 0 Å². The third kappa shape index (κ3) is 7.39. The number of hydrogen-bond donors (Lipinski definition) is 0. The Morgan fingerprint density at radius 2 is 1.74 bits per heavy atom. The first kappa shape index (κ1) is 16.3. The second-order valence-corrected chi connectivity index (χ2v) is 5.84. The molecule has 0 aromatic carbocycles. The van der Waals surface area contributed by atoms with Crippen LogP contribution in [0.15, 0.2) is 12.7 Å². The highest BCUT2D eigenvalue weighted by molar-refractivity contribution is 5.81. The predicted octanol–water partition coefficient (Wildman–Crippen LogP) is 5.03. The van der Waals surface area contributed by atoms with Crippen molar-refractivity contribution in [3.8, 4) is 0 Å². The van der Waals surface area contributed by atoms with Crippen molar-refractivity contribution >= 4 is 5.97 Å². The van der Waals surface area contributed by atoms with Crippen LogP contribution in [-0.2, 0) is 9.53 Å². The Hall–Kier alpha value is -0.790. The van der Waals surface area contributed by atoms with E-state index in [0.717, 1.165) is 18.8 Å². The van der Waals surface area contributed by atoms with Crippen LogP contribution in [0.1, 0.15) is 77.6 Å². The number of esters is 1. The summed E-state index contributed by atoms with van der Waals surface area (Å²) in [7, 11) is 0. The first-order chi connectivity index (χ1) is 9.26. The standard InChI is InChI=1S/C17H30O2/c1-3-5-6-7-8-9-10-15-11-13-16(14-12-15)19-17(18)4-2/h4,15-16H,2-3,5-14H2,1H3. The van der Waals surface area contributed by atoms with Crippen molar-refractivity contribution in [1.82, 2.24) is 0 Å². The van der Waals surface area contributed by atoms with E-state index < -0.39 is 0 Å². The zero-order valence-corrected chi connectivity index (χ0v) is 12.5. The number of ether oxygens (including phenoxy) is 1. The number of carbonyl (C=O) groups is 1. The lowest BCUT2D eigenvalue weighted by molar-refractivity contribution is -0.144. The smallest absolute Gasteiger partial charge is 0.330 e. The Kier molecular flexibility index (Phi) is 8.61. The molecule has 0 atom stereocenters. The molecule has 0 radical (unpaired) electrons. The van der Waals surface area contributed by atoms with Crippen molar-refractivity contribution in [2.75, 3.05) is 0 Å². The van der Waals surface area contributed by atoms with Crippen LogP contribution >= 0.6 is 0 Å². The minimum absolute atomic E-state index is 0.145. The molecule has 0 aromatic rings. The molecule has 0 unspecified atom stereocenters. The minimum Gasteiger partial charge on any atom is -0.459 e. The van der Waals surface area contributed by atoms with Crippen molar-refractivity contribution in [2.24, 2.45) is 5.92 Å². The Balaban J connectivity index is 2.00. The molecule has 0 heterocycles. The molecule has 110 valence electrons. The third-order valence-corrected chi connectivity index (χ3v) is 4.21. The molecule has 1 rings (SSSR count). The lowest BCUT2D eigenvalue weighted by Crippen LogP contribution is -2.23. The van der Waals surface area contributed by atoms with Gasteiger partial charge in [-0.15, -0.1) is 0 Å². The fraction of sp³-hybridized carbons (Fsp3) is 0.824. The molecule has 0 aromatic heterocycles. The summed E-state index contributed by atoms with van der Waals surface area (Å²) in [6, 6.07) is 0. The van der Waals surface area contributed by atoms with Gasteiger partial charge < -0.3 is 4.74 Å². The summed E-state index contributed by atoms with van der Waals surface area (Å²) in [5, 5.41) is 0. The summed E-state index contributed by atoms with van der Waals surface area (Å²) < 4.78 is 5.30. The number of hydrogen-bond acceptors (Lipinski definition) is 2. The van der Waals surface area contributed by atoms with Gasteiger partial charge in [-0.3, -0.25) is 0 Å². The van der Waals surface area contributed by atoms with E-state index in [2.05, 4.69) is 13.5 Å². The molecule has 2 heteroatoms. The summed E-state index contributed by atoms with van der Waals surface area (Å²) >= 11 is 0. The maximum atomic E-state index is 11.1. The molecule has 0 spiro atoms. The van der Waals surface area contributed by atoms with Gasteiger partial charge in [0.2, 0.25) is 0 Å². The maximum Gasteiger partial charge on any atom is 0.330 e. The van der Waals surface area contributed by atoms with Crippen LogP contribution in [0.4, 0.5) is 0 Å². The van der Waals surface area contributed by atoms with Crippen molar-refractivity contribution in [3.05, 3.63) is 12.7 Å². The van der Waals surface area contributed by atoms with Crippen LogP contribution in [0, 0.1) is 5.92 Å². The van der Waals surface area contributed by atoms with Gasteiger partial charge in [0, 0.05) is 6.08 Å². The average molecular weight is 266 g/mol. The highest BCUT2D eigenvalue weighted by Crippen LogP contribution is 2.30. The van der Waals surface area contributed by atoms with Crippen LogP contribution in [-0.4, -0.2) is 12.1 Å². The van der Waals surface area contributed by atoms with Crippen LogP contribution in [0.3, 0.4) is 0 Å². The molecule has 19 heavy (non-hydrogen) atoms. The lowest BCUT2D eigenvalue weighted by atomic mass is 9.84. The molecule has 1 saturated carbocycles. The van der Waals surface area contributed by atoms with E-state index >= 15 is 0 Å². The minimum atomic E-state index is -0.264. The van der Waals surface area contributed by atoms with Crippen LogP contribution in [0.5, 0.6) is 0 Å². The first-order valence-corrected chi connectivity index (χ1v) is 8.09. The monoisotopic (exact) mass is 266 g/mol. The van der Waals surface area contributed by atoms with Crippen LogP contribution < -0.4 is 0 Å². The van der Waals surface area contributed by atoms with Crippen molar-refractivity contribution in [3.63, 3.8) is 0 Å². The van der Waals surface area contributed by atoms with E-state index in [0.29, 0.717) is 0 Å². The third-order valence-electron chi connectivity index (χ3n) is 4.21. The second-order valence-electron chi connectivity index (χ2n) is 5.84. The highest BCUT2D eigenvalue weighted by Gasteiger charge is 2.22. The van der Waals surface area contributed by atoms with Gasteiger partial charge in [-0.05, 0) is 31.6 Å². The Bertz CT molecular complexity index is 252. The van der Waals surface area contributed by atoms with E-state index in [1.165, 1.54) is 63.9 Å². The van der Waals surface area contributed by atoms with Gasteiger partial charge in [0.05, 0.1) is 0 Å². The summed E-state index contributed by atoms with van der Waals surface area (Å²) in [6.45, 7) is 5.70. The van der Waals surface area contributed by atoms with Crippen molar-refractivity contribution in [2.45, 2.75) is 83.7 Å². The summed E-state index contributed by atoms with van der Waals surface area (Å²) in [5.74, 6) is 0.601. The SMILES string of the molecule is C=CC(=O)OC1CCC(CCCCCCCC)CC1. The second kappa shape index (κ2) is 10.1. The summed E-state index contributed by atoms with van der Waals surface area (Å²) in [6.07, 6.45) is 15.6. The number of carbonyl (C=O) groups excluding carboxylic acids is 1. The van der Waals surface area contributed by atoms with Crippen molar-refractivity contribution in [1.29, 1.82) is 0 Å². The molecule has 0 aliphatic heterocycles. The molecular weight excluding hydrogens is 236 g/mol. The van der Waals surface area contributed by atoms with Gasteiger partial charge in [0.15, 0.2) is 0 Å². The fourth-order valence-corrected chi connectivity index (χ4v) is 2.96. The quantitative estimate of drug-likeness (QED) is 0.332. The van der Waals surface area contributed by atoms with E-state index in [1.807, 2.05) is 0 Å². The van der Waals surface area contributed by atoms with Crippen molar-refractivity contribution < 1.29 is 9.53 Å². The molecule has 0 N–H and O–H groups in total. The van der Waals surface area contributed by atoms with Gasteiger partial charge in [0.25, 0.3) is 0 Å². The van der Waals surface area contributed by atoms with Gasteiger partial charge in [-0.25, -0.2) is 4.79 Å². The van der Waals surface area contributed by atoms with Gasteiger partial charge >= 0.3 is 5.97 Å². The van der Waals surface area contributed by atoms with Gasteiger partial charge in [-0.1, -0.05) is 58.4 Å². The predicted molar refractivity (Wildman–Crippen MR) is 80.0 cm³/mol.